The highest BCUT2D eigenvalue weighted by atomic mass is 16.5. The lowest BCUT2D eigenvalue weighted by Gasteiger charge is -1.89. The molecule has 0 aromatic carbocycles. The third kappa shape index (κ3) is 3.12. The molecule has 0 aliphatic heterocycles. The molecule has 0 aliphatic rings. The van der Waals surface area contributed by atoms with Crippen molar-refractivity contribution in [1.82, 2.24) is 0 Å². The summed E-state index contributed by atoms with van der Waals surface area (Å²) < 4.78 is 4.52. The molecular formula is C4H8N2O. The Labute approximate surface area is 42.3 Å². The minimum Gasteiger partial charge on any atom is -0.378 e. The van der Waals surface area contributed by atoms with E-state index in [1.165, 1.54) is 7.11 Å². The number of hydrogen-bond acceptors (Lipinski definition) is 3. The van der Waals surface area contributed by atoms with Gasteiger partial charge in [-0.3, -0.25) is 0 Å². The lowest BCUT2D eigenvalue weighted by atomic mass is 10.4. The van der Waals surface area contributed by atoms with Crippen LogP contribution in [0.5, 0.6) is 0 Å². The van der Waals surface area contributed by atoms with Crippen molar-refractivity contribution in [3.8, 4) is 0 Å². The molecule has 0 fully saturated rings. The number of nitrogens with one attached hydrogen (secondary N) is 2. The van der Waals surface area contributed by atoms with Gasteiger partial charge in [-0.25, -0.2) is 0 Å². The van der Waals surface area contributed by atoms with Crippen LogP contribution in [0.1, 0.15) is 0 Å². The first-order valence-corrected chi connectivity index (χ1v) is 1.88. The second kappa shape index (κ2) is 3.49. The van der Waals surface area contributed by atoms with Crippen molar-refractivity contribution < 1.29 is 4.74 Å². The third-order valence-corrected chi connectivity index (χ3v) is 0.474. The molecule has 0 unspecified atom stereocenters. The maximum atomic E-state index is 6.77. The quantitative estimate of drug-likeness (QED) is 0.492. The predicted molar refractivity (Wildman–Crippen MR) is 28.4 cm³/mol. The fraction of sp³-hybridized carbons (Fsp3) is 0.500. The van der Waals surface area contributed by atoms with Crippen LogP contribution in [-0.2, 0) is 4.74 Å². The van der Waals surface area contributed by atoms with E-state index in [9.17, 15) is 0 Å². The van der Waals surface area contributed by atoms with Gasteiger partial charge in [0.05, 0.1) is 12.3 Å². The highest BCUT2D eigenvalue weighted by molar-refractivity contribution is 6.28. The minimum atomic E-state index is 0.197. The van der Waals surface area contributed by atoms with Crippen LogP contribution in [-0.4, -0.2) is 25.6 Å². The SMILES string of the molecule is COCC(=N)C=N. The number of ether oxygens (including phenoxy) is 1. The van der Waals surface area contributed by atoms with E-state index in [4.69, 9.17) is 10.8 Å². The van der Waals surface area contributed by atoms with Crippen molar-refractivity contribution in [2.24, 2.45) is 0 Å². The summed E-state index contributed by atoms with van der Waals surface area (Å²) in [6, 6.07) is 0. The van der Waals surface area contributed by atoms with E-state index in [-0.39, 0.29) is 12.3 Å². The van der Waals surface area contributed by atoms with Gasteiger partial charge < -0.3 is 15.6 Å². The minimum absolute atomic E-state index is 0.197. The highest BCUT2D eigenvalue weighted by Crippen LogP contribution is 1.66. The van der Waals surface area contributed by atoms with E-state index in [2.05, 4.69) is 4.74 Å². The molecule has 2 N–H and O–H groups in total. The molecule has 0 spiro atoms. The summed E-state index contributed by atoms with van der Waals surface area (Å²) in [5.41, 5.74) is 0.197. The van der Waals surface area contributed by atoms with Gasteiger partial charge in [-0.1, -0.05) is 0 Å². The Kier molecular flexibility index (Phi) is 3.14. The first-order chi connectivity index (χ1) is 3.31. The van der Waals surface area contributed by atoms with Gasteiger partial charge in [-0.2, -0.15) is 0 Å². The van der Waals surface area contributed by atoms with E-state index in [1.54, 1.807) is 0 Å². The average molecular weight is 100 g/mol. The van der Waals surface area contributed by atoms with E-state index in [0.29, 0.717) is 0 Å². The molecule has 0 aromatic heterocycles. The van der Waals surface area contributed by atoms with Gasteiger partial charge in [0, 0.05) is 13.3 Å². The summed E-state index contributed by atoms with van der Waals surface area (Å²) in [5.74, 6) is 0. The first kappa shape index (κ1) is 6.30. The summed E-state index contributed by atoms with van der Waals surface area (Å²) in [5, 5.41) is 13.3. The van der Waals surface area contributed by atoms with Gasteiger partial charge in [-0.05, 0) is 0 Å². The van der Waals surface area contributed by atoms with Crippen molar-refractivity contribution in [1.29, 1.82) is 10.8 Å². The van der Waals surface area contributed by atoms with Crippen LogP contribution in [0, 0.1) is 10.8 Å². The van der Waals surface area contributed by atoms with Gasteiger partial charge in [-0.15, -0.1) is 0 Å². The van der Waals surface area contributed by atoms with E-state index >= 15 is 0 Å². The number of rotatable bonds is 3. The molecule has 0 rings (SSSR count). The van der Waals surface area contributed by atoms with Gasteiger partial charge in [0.15, 0.2) is 0 Å². The molecular weight excluding hydrogens is 92.1 g/mol. The van der Waals surface area contributed by atoms with Crippen molar-refractivity contribution in [3.63, 3.8) is 0 Å². The van der Waals surface area contributed by atoms with Gasteiger partial charge in [0.2, 0.25) is 0 Å². The highest BCUT2D eigenvalue weighted by Gasteiger charge is 1.83. The molecule has 0 aliphatic carbocycles. The molecule has 0 heterocycles. The molecule has 0 radical (unpaired) electrons. The van der Waals surface area contributed by atoms with Crippen molar-refractivity contribution in [2.75, 3.05) is 13.7 Å². The number of methoxy groups -OCH3 is 1. The van der Waals surface area contributed by atoms with Crippen LogP contribution in [0.4, 0.5) is 0 Å². The van der Waals surface area contributed by atoms with Crippen LogP contribution in [0.15, 0.2) is 0 Å². The molecule has 7 heavy (non-hydrogen) atoms. The predicted octanol–water partition coefficient (Wildman–Crippen LogP) is 0.302. The van der Waals surface area contributed by atoms with Gasteiger partial charge in [0.1, 0.15) is 0 Å². The Hall–Kier alpha value is -0.700. The Balaban J connectivity index is 3.17. The maximum absolute atomic E-state index is 6.77. The second-order valence-corrected chi connectivity index (χ2v) is 1.10. The fourth-order valence-corrected chi connectivity index (χ4v) is 0.197. The fourth-order valence-electron chi connectivity index (χ4n) is 0.197. The summed E-state index contributed by atoms with van der Waals surface area (Å²) >= 11 is 0. The molecule has 0 saturated carbocycles. The Bertz CT molecular complexity index is 79.8. The topological polar surface area (TPSA) is 56.9 Å². The summed E-state index contributed by atoms with van der Waals surface area (Å²) in [6.07, 6.45) is 0.962. The molecule has 0 atom stereocenters. The average Bonchev–Trinajstić information content (AvgIpc) is 1.68. The molecule has 0 bridgehead atoms. The molecule has 3 heteroatoms. The van der Waals surface area contributed by atoms with E-state index in [1.807, 2.05) is 0 Å². The van der Waals surface area contributed by atoms with Crippen molar-refractivity contribution >= 4 is 11.9 Å². The number of hydrogen-bond donors (Lipinski definition) is 2. The normalized spacial score (nSPS) is 8.14. The zero-order chi connectivity index (χ0) is 5.70. The van der Waals surface area contributed by atoms with Crippen LogP contribution in [0.2, 0.25) is 0 Å². The lowest BCUT2D eigenvalue weighted by molar-refractivity contribution is 0.246. The summed E-state index contributed by atoms with van der Waals surface area (Å²) in [6.45, 7) is 0.240. The molecule has 0 saturated heterocycles. The van der Waals surface area contributed by atoms with Crippen LogP contribution in [0.3, 0.4) is 0 Å². The Morgan fingerprint density at radius 1 is 1.86 bits per heavy atom. The van der Waals surface area contributed by atoms with Crippen molar-refractivity contribution in [3.05, 3.63) is 0 Å². The summed E-state index contributed by atoms with van der Waals surface area (Å²) in [7, 11) is 1.50. The zero-order valence-corrected chi connectivity index (χ0v) is 4.19. The Morgan fingerprint density at radius 2 is 2.43 bits per heavy atom. The second-order valence-electron chi connectivity index (χ2n) is 1.10. The lowest BCUT2D eigenvalue weighted by Crippen LogP contribution is -2.04. The largest absolute Gasteiger partial charge is 0.378 e. The maximum Gasteiger partial charge on any atom is 0.0892 e. The molecule has 3 nitrogen and oxygen atoms in total. The standard InChI is InChI=1S/C4H8N2O/c1-7-3-4(6)2-5/h2,5-6H,3H2,1H3. The van der Waals surface area contributed by atoms with E-state index < -0.39 is 0 Å². The van der Waals surface area contributed by atoms with Crippen LogP contribution >= 0.6 is 0 Å². The third-order valence-electron chi connectivity index (χ3n) is 0.474. The first-order valence-electron chi connectivity index (χ1n) is 1.88. The molecule has 0 aromatic rings. The van der Waals surface area contributed by atoms with Crippen LogP contribution < -0.4 is 0 Å². The smallest absolute Gasteiger partial charge is 0.0892 e. The molecule has 0 amide bonds. The zero-order valence-electron chi connectivity index (χ0n) is 4.19. The summed E-state index contributed by atoms with van der Waals surface area (Å²) in [4.78, 5) is 0. The Morgan fingerprint density at radius 3 is 2.57 bits per heavy atom. The van der Waals surface area contributed by atoms with E-state index in [0.717, 1.165) is 6.21 Å². The van der Waals surface area contributed by atoms with Crippen LogP contribution in [0.25, 0.3) is 0 Å². The molecule has 40 valence electrons. The monoisotopic (exact) mass is 100 g/mol. The van der Waals surface area contributed by atoms with Gasteiger partial charge in [0.25, 0.3) is 0 Å². The van der Waals surface area contributed by atoms with Crippen molar-refractivity contribution in [2.45, 2.75) is 0 Å². The van der Waals surface area contributed by atoms with Gasteiger partial charge >= 0.3 is 0 Å².